The van der Waals surface area contributed by atoms with Gasteiger partial charge in [0.1, 0.15) is 11.3 Å². The highest BCUT2D eigenvalue weighted by Gasteiger charge is 2.29. The Morgan fingerprint density at radius 3 is 2.65 bits per heavy atom. The molecule has 0 radical (unpaired) electrons. The van der Waals surface area contributed by atoms with Crippen LogP contribution in [0.15, 0.2) is 18.2 Å². The van der Waals surface area contributed by atoms with Crippen molar-refractivity contribution in [1.82, 2.24) is 0 Å². The fourth-order valence-electron chi connectivity index (χ4n) is 2.45. The smallest absolute Gasteiger partial charge is 0.342 e. The van der Waals surface area contributed by atoms with E-state index < -0.39 is 10.9 Å². The highest BCUT2D eigenvalue weighted by Crippen LogP contribution is 2.33. The van der Waals surface area contributed by atoms with Crippen LogP contribution in [0.5, 0.6) is 0 Å². The molecule has 0 unspecified atom stereocenters. The maximum Gasteiger partial charge on any atom is 0.342 e. The molecule has 1 saturated heterocycles. The molecule has 0 bridgehead atoms. The molecule has 1 aliphatic rings. The lowest BCUT2D eigenvalue weighted by molar-refractivity contribution is -0.384. The molecule has 1 N–H and O–H groups in total. The summed E-state index contributed by atoms with van der Waals surface area (Å²) in [7, 11) is 1.75. The largest absolute Gasteiger partial charge is 0.477 e. The monoisotopic (exact) mass is 280 g/mol. The standard InChI is InChI=1S/C13H16N2O5/c1-14(9-5-7-20-8-6-9)11-4-2-3-10(13(16)17)12(11)15(18)19/h2-4,9H,5-8H2,1H3,(H,16,17). The lowest BCUT2D eigenvalue weighted by Gasteiger charge is -2.32. The van der Waals surface area contributed by atoms with Crippen molar-refractivity contribution in [2.75, 3.05) is 25.2 Å². The van der Waals surface area contributed by atoms with Crippen molar-refractivity contribution in [3.8, 4) is 0 Å². The van der Waals surface area contributed by atoms with E-state index in [0.29, 0.717) is 18.9 Å². The third-order valence-electron chi connectivity index (χ3n) is 3.55. The summed E-state index contributed by atoms with van der Waals surface area (Å²) in [5.74, 6) is -1.29. The number of carbonyl (C=O) groups is 1. The van der Waals surface area contributed by atoms with Gasteiger partial charge in [-0.2, -0.15) is 0 Å². The van der Waals surface area contributed by atoms with Gasteiger partial charge in [-0.3, -0.25) is 10.1 Å². The minimum atomic E-state index is -1.29. The summed E-state index contributed by atoms with van der Waals surface area (Å²) >= 11 is 0. The molecule has 0 saturated carbocycles. The fraction of sp³-hybridized carbons (Fsp3) is 0.462. The Morgan fingerprint density at radius 2 is 2.10 bits per heavy atom. The number of para-hydroxylation sites is 1. The number of anilines is 1. The third kappa shape index (κ3) is 2.72. The van der Waals surface area contributed by atoms with Gasteiger partial charge in [0.15, 0.2) is 0 Å². The number of carboxylic acids is 1. The van der Waals surface area contributed by atoms with Crippen LogP contribution < -0.4 is 4.90 Å². The molecule has 0 atom stereocenters. The molecule has 0 spiro atoms. The van der Waals surface area contributed by atoms with Gasteiger partial charge in [0.05, 0.1) is 4.92 Å². The molecule has 1 heterocycles. The van der Waals surface area contributed by atoms with E-state index in [2.05, 4.69) is 0 Å². The van der Waals surface area contributed by atoms with Crippen molar-refractivity contribution in [3.63, 3.8) is 0 Å². The quantitative estimate of drug-likeness (QED) is 0.669. The van der Waals surface area contributed by atoms with Gasteiger partial charge >= 0.3 is 11.7 Å². The number of nitro groups is 1. The number of rotatable bonds is 4. The van der Waals surface area contributed by atoms with Crippen molar-refractivity contribution in [3.05, 3.63) is 33.9 Å². The second-order valence-corrected chi connectivity index (χ2v) is 4.69. The van der Waals surface area contributed by atoms with E-state index in [1.807, 2.05) is 0 Å². The van der Waals surface area contributed by atoms with Crippen molar-refractivity contribution in [2.24, 2.45) is 0 Å². The van der Waals surface area contributed by atoms with Gasteiger partial charge in [0.25, 0.3) is 0 Å². The van der Waals surface area contributed by atoms with Gasteiger partial charge < -0.3 is 14.7 Å². The van der Waals surface area contributed by atoms with E-state index in [9.17, 15) is 14.9 Å². The summed E-state index contributed by atoms with van der Waals surface area (Å²) in [6.45, 7) is 1.23. The van der Waals surface area contributed by atoms with E-state index in [4.69, 9.17) is 9.84 Å². The first-order valence-electron chi connectivity index (χ1n) is 6.33. The first kappa shape index (κ1) is 14.3. The lowest BCUT2D eigenvalue weighted by atomic mass is 10.0. The Hall–Kier alpha value is -2.15. The number of nitrogens with zero attached hydrogens (tertiary/aromatic N) is 2. The first-order valence-corrected chi connectivity index (χ1v) is 6.33. The van der Waals surface area contributed by atoms with Gasteiger partial charge in [-0.25, -0.2) is 4.79 Å². The van der Waals surface area contributed by atoms with Crippen LogP contribution in [0.25, 0.3) is 0 Å². The van der Waals surface area contributed by atoms with Gasteiger partial charge in [-0.1, -0.05) is 6.07 Å². The summed E-state index contributed by atoms with van der Waals surface area (Å²) in [5, 5.41) is 20.3. The molecule has 1 aliphatic heterocycles. The number of nitro benzene ring substituents is 1. The van der Waals surface area contributed by atoms with E-state index >= 15 is 0 Å². The molecule has 1 fully saturated rings. The van der Waals surface area contributed by atoms with Crippen LogP contribution in [-0.2, 0) is 4.74 Å². The minimum absolute atomic E-state index is 0.117. The van der Waals surface area contributed by atoms with Gasteiger partial charge in [0, 0.05) is 26.3 Å². The second kappa shape index (κ2) is 5.87. The molecule has 0 amide bonds. The zero-order valence-electron chi connectivity index (χ0n) is 11.1. The van der Waals surface area contributed by atoms with Crippen LogP contribution in [-0.4, -0.2) is 42.3 Å². The molecule has 1 aromatic carbocycles. The second-order valence-electron chi connectivity index (χ2n) is 4.69. The highest BCUT2D eigenvalue weighted by molar-refractivity contribution is 5.95. The third-order valence-corrected chi connectivity index (χ3v) is 3.55. The molecule has 2 rings (SSSR count). The maximum atomic E-state index is 11.2. The predicted molar refractivity (Wildman–Crippen MR) is 72.3 cm³/mol. The molecule has 1 aromatic rings. The minimum Gasteiger partial charge on any atom is -0.477 e. The molecule has 0 aromatic heterocycles. The Labute approximate surface area is 115 Å². The van der Waals surface area contributed by atoms with E-state index in [0.717, 1.165) is 12.8 Å². The van der Waals surface area contributed by atoms with Crippen molar-refractivity contribution >= 4 is 17.3 Å². The van der Waals surface area contributed by atoms with Crippen LogP contribution in [0, 0.1) is 10.1 Å². The Kier molecular flexibility index (Phi) is 4.19. The zero-order chi connectivity index (χ0) is 14.7. The summed E-state index contributed by atoms with van der Waals surface area (Å²) in [4.78, 5) is 23.5. The Bertz CT molecular complexity index is 525. The van der Waals surface area contributed by atoms with Gasteiger partial charge in [-0.15, -0.1) is 0 Å². The Morgan fingerprint density at radius 1 is 1.45 bits per heavy atom. The number of benzene rings is 1. The summed E-state index contributed by atoms with van der Waals surface area (Å²) < 4.78 is 5.27. The van der Waals surface area contributed by atoms with E-state index in [-0.39, 0.29) is 17.3 Å². The van der Waals surface area contributed by atoms with E-state index in [1.54, 1.807) is 18.0 Å². The van der Waals surface area contributed by atoms with Crippen molar-refractivity contribution in [1.29, 1.82) is 0 Å². The lowest BCUT2D eigenvalue weighted by Crippen LogP contribution is -2.37. The van der Waals surface area contributed by atoms with Crippen molar-refractivity contribution in [2.45, 2.75) is 18.9 Å². The zero-order valence-corrected chi connectivity index (χ0v) is 11.1. The molecular weight excluding hydrogens is 264 g/mol. The molecule has 7 nitrogen and oxygen atoms in total. The molecule has 20 heavy (non-hydrogen) atoms. The van der Waals surface area contributed by atoms with Crippen LogP contribution in [0.3, 0.4) is 0 Å². The van der Waals surface area contributed by atoms with Crippen LogP contribution in [0.1, 0.15) is 23.2 Å². The van der Waals surface area contributed by atoms with Gasteiger partial charge in [-0.05, 0) is 25.0 Å². The number of hydrogen-bond donors (Lipinski definition) is 1. The topological polar surface area (TPSA) is 92.9 Å². The normalized spacial score (nSPS) is 15.8. The SMILES string of the molecule is CN(c1cccc(C(=O)O)c1[N+](=O)[O-])C1CCOCC1. The van der Waals surface area contributed by atoms with Crippen LogP contribution in [0.4, 0.5) is 11.4 Å². The predicted octanol–water partition coefficient (Wildman–Crippen LogP) is 1.91. The van der Waals surface area contributed by atoms with Crippen LogP contribution >= 0.6 is 0 Å². The number of ether oxygens (including phenoxy) is 1. The average molecular weight is 280 g/mol. The fourth-order valence-corrected chi connectivity index (χ4v) is 2.45. The molecular formula is C13H16N2O5. The first-order chi connectivity index (χ1) is 9.52. The maximum absolute atomic E-state index is 11.2. The Balaban J connectivity index is 2.42. The number of carboxylic acid groups (broad SMARTS) is 1. The molecule has 0 aliphatic carbocycles. The average Bonchev–Trinajstić information content (AvgIpc) is 2.46. The molecule has 7 heteroatoms. The highest BCUT2D eigenvalue weighted by atomic mass is 16.6. The summed E-state index contributed by atoms with van der Waals surface area (Å²) in [6, 6.07) is 4.48. The summed E-state index contributed by atoms with van der Waals surface area (Å²) in [5.41, 5.74) is -0.304. The van der Waals surface area contributed by atoms with Crippen LogP contribution in [0.2, 0.25) is 0 Å². The number of aromatic carboxylic acids is 1. The van der Waals surface area contributed by atoms with Crippen molar-refractivity contribution < 1.29 is 19.6 Å². The summed E-state index contributed by atoms with van der Waals surface area (Å²) in [6.07, 6.45) is 1.54. The van der Waals surface area contributed by atoms with Gasteiger partial charge in [0.2, 0.25) is 0 Å². The number of hydrogen-bond acceptors (Lipinski definition) is 5. The van der Waals surface area contributed by atoms with E-state index in [1.165, 1.54) is 12.1 Å². The molecule has 108 valence electrons.